The van der Waals surface area contributed by atoms with Crippen LogP contribution in [0.3, 0.4) is 0 Å². The number of halogens is 3. The summed E-state index contributed by atoms with van der Waals surface area (Å²) in [6.45, 7) is -0.429. The summed E-state index contributed by atoms with van der Waals surface area (Å²) in [5, 5.41) is 0.881. The predicted octanol–water partition coefficient (Wildman–Crippen LogP) is 5.07. The van der Waals surface area contributed by atoms with Crippen LogP contribution in [0.25, 0.3) is 22.0 Å². The second kappa shape index (κ2) is 7.27. The zero-order chi connectivity index (χ0) is 18.0. The molecule has 0 radical (unpaired) electrons. The molecule has 0 aliphatic carbocycles. The Morgan fingerprint density at radius 1 is 1.16 bits per heavy atom. The van der Waals surface area contributed by atoms with Crippen molar-refractivity contribution >= 4 is 28.1 Å². The van der Waals surface area contributed by atoms with Crippen molar-refractivity contribution in [1.82, 2.24) is 4.57 Å². The number of aryl methyl sites for hydroxylation is 1. The zero-order valence-corrected chi connectivity index (χ0v) is 14.2. The zero-order valence-electron chi connectivity index (χ0n) is 13.4. The Labute approximate surface area is 149 Å². The van der Waals surface area contributed by atoms with Crippen molar-refractivity contribution in [1.29, 1.82) is 0 Å². The molecule has 3 aromatic rings. The summed E-state index contributed by atoms with van der Waals surface area (Å²) in [6.07, 6.45) is -0.813. The Morgan fingerprint density at radius 3 is 2.64 bits per heavy atom. The molecule has 0 bridgehead atoms. The first-order valence-electron chi connectivity index (χ1n) is 7.85. The second-order valence-electron chi connectivity index (χ2n) is 5.85. The minimum atomic E-state index is -2.39. The molecule has 0 saturated heterocycles. The number of aromatic nitrogens is 1. The van der Waals surface area contributed by atoms with Crippen LogP contribution in [-0.4, -0.2) is 16.0 Å². The molecule has 0 spiro atoms. The molecule has 0 aliphatic rings. The van der Waals surface area contributed by atoms with E-state index < -0.39 is 13.1 Å². The van der Waals surface area contributed by atoms with Crippen LogP contribution in [0.5, 0.6) is 0 Å². The number of nitrogens with zero attached hydrogens (tertiary/aromatic N) is 1. The minimum absolute atomic E-state index is 0.166. The summed E-state index contributed by atoms with van der Waals surface area (Å²) < 4.78 is 40.0. The summed E-state index contributed by atoms with van der Waals surface area (Å²) in [6, 6.07) is 12.7. The third-order valence-corrected chi connectivity index (χ3v) is 4.38. The molecular formula is C19H17F3N2S. The third kappa shape index (κ3) is 3.69. The topological polar surface area (TPSA) is 30.9 Å². The Balaban J connectivity index is 2.14. The molecule has 2 N–H and O–H groups in total. The van der Waals surface area contributed by atoms with Crippen molar-refractivity contribution in [2.45, 2.75) is 26.1 Å². The maximum Gasteiger partial charge on any atom is 0.240 e. The molecule has 2 nitrogen and oxygen atoms in total. The number of nitrogens with two attached hydrogens (primary N) is 1. The number of hydrogen-bond acceptors (Lipinski definition) is 1. The van der Waals surface area contributed by atoms with Gasteiger partial charge in [-0.2, -0.15) is 0 Å². The van der Waals surface area contributed by atoms with E-state index >= 15 is 0 Å². The van der Waals surface area contributed by atoms with Gasteiger partial charge in [0.15, 0.2) is 0 Å². The molecule has 0 aliphatic heterocycles. The monoisotopic (exact) mass is 362 g/mol. The van der Waals surface area contributed by atoms with Crippen molar-refractivity contribution in [3.8, 4) is 11.1 Å². The first-order chi connectivity index (χ1) is 12.0. The standard InChI is InChI=1S/C19H17F3N2S/c20-10-12-4-5-15-16(13-2-1-3-14(9-13)19(23)25)11-24(17(15)8-12)7-6-18(21)22/h1-5,8-9,11,18H,6-7,10H2,(H2,23,25). The van der Waals surface area contributed by atoms with Crippen molar-refractivity contribution < 1.29 is 13.2 Å². The molecule has 0 amide bonds. The smallest absolute Gasteiger partial charge is 0.240 e. The van der Waals surface area contributed by atoms with Gasteiger partial charge < -0.3 is 10.3 Å². The number of alkyl halides is 3. The van der Waals surface area contributed by atoms with Gasteiger partial charge in [0.1, 0.15) is 11.7 Å². The Morgan fingerprint density at radius 2 is 1.96 bits per heavy atom. The van der Waals surface area contributed by atoms with Crippen LogP contribution in [0.2, 0.25) is 0 Å². The molecule has 3 rings (SSSR count). The van der Waals surface area contributed by atoms with E-state index in [0.29, 0.717) is 10.6 Å². The van der Waals surface area contributed by atoms with E-state index in [1.54, 1.807) is 16.7 Å². The maximum absolute atomic E-state index is 13.0. The number of rotatable bonds is 6. The lowest BCUT2D eigenvalue weighted by molar-refractivity contribution is 0.132. The molecule has 1 aromatic heterocycles. The van der Waals surface area contributed by atoms with Crippen molar-refractivity contribution in [3.05, 3.63) is 59.8 Å². The highest BCUT2D eigenvalue weighted by molar-refractivity contribution is 7.80. The summed E-state index contributed by atoms with van der Waals surface area (Å²) >= 11 is 5.02. The van der Waals surface area contributed by atoms with Crippen LogP contribution in [0.1, 0.15) is 17.5 Å². The van der Waals surface area contributed by atoms with Crippen LogP contribution in [0, 0.1) is 0 Å². The van der Waals surface area contributed by atoms with E-state index in [9.17, 15) is 13.2 Å². The first-order valence-corrected chi connectivity index (χ1v) is 8.26. The highest BCUT2D eigenvalue weighted by Crippen LogP contribution is 2.32. The third-order valence-electron chi connectivity index (χ3n) is 4.15. The van der Waals surface area contributed by atoms with Crippen molar-refractivity contribution in [2.24, 2.45) is 5.73 Å². The average Bonchev–Trinajstić information content (AvgIpc) is 2.97. The summed E-state index contributed by atoms with van der Waals surface area (Å²) in [5.74, 6) is 0. The molecule has 0 fully saturated rings. The van der Waals surface area contributed by atoms with Gasteiger partial charge in [-0.25, -0.2) is 13.2 Å². The molecule has 130 valence electrons. The van der Waals surface area contributed by atoms with E-state index in [2.05, 4.69) is 0 Å². The molecule has 25 heavy (non-hydrogen) atoms. The van der Waals surface area contributed by atoms with E-state index in [1.165, 1.54) is 0 Å². The fourth-order valence-electron chi connectivity index (χ4n) is 2.91. The molecule has 1 heterocycles. The highest BCUT2D eigenvalue weighted by Gasteiger charge is 2.13. The fraction of sp³-hybridized carbons (Fsp3) is 0.211. The molecule has 0 saturated carbocycles. The Bertz CT molecular complexity index is 918. The van der Waals surface area contributed by atoms with E-state index in [1.807, 2.05) is 36.5 Å². The van der Waals surface area contributed by atoms with Crippen LogP contribution in [0.15, 0.2) is 48.7 Å². The van der Waals surface area contributed by atoms with E-state index in [-0.39, 0.29) is 13.0 Å². The average molecular weight is 362 g/mol. The normalized spacial score (nSPS) is 11.4. The summed E-state index contributed by atoms with van der Waals surface area (Å²) in [5.41, 5.74) is 9.47. The van der Waals surface area contributed by atoms with Crippen molar-refractivity contribution in [3.63, 3.8) is 0 Å². The first kappa shape index (κ1) is 17.5. The van der Waals surface area contributed by atoms with Gasteiger partial charge in [-0.3, -0.25) is 0 Å². The van der Waals surface area contributed by atoms with Gasteiger partial charge in [0.25, 0.3) is 0 Å². The van der Waals surface area contributed by atoms with Gasteiger partial charge in [-0.1, -0.05) is 42.5 Å². The van der Waals surface area contributed by atoms with Crippen molar-refractivity contribution in [2.75, 3.05) is 0 Å². The number of fused-ring (bicyclic) bond motifs is 1. The lowest BCUT2D eigenvalue weighted by Crippen LogP contribution is -2.08. The van der Waals surface area contributed by atoms with Crippen LogP contribution >= 0.6 is 12.2 Å². The molecule has 0 atom stereocenters. The van der Waals surface area contributed by atoms with E-state index in [4.69, 9.17) is 18.0 Å². The molecule has 6 heteroatoms. The van der Waals surface area contributed by atoms with Crippen LogP contribution in [-0.2, 0) is 13.2 Å². The maximum atomic E-state index is 13.0. The quantitative estimate of drug-likeness (QED) is 0.621. The second-order valence-corrected chi connectivity index (χ2v) is 6.29. The predicted molar refractivity (Wildman–Crippen MR) is 98.7 cm³/mol. The van der Waals surface area contributed by atoms with Gasteiger partial charge in [0, 0.05) is 41.2 Å². The van der Waals surface area contributed by atoms with E-state index in [0.717, 1.165) is 27.6 Å². The van der Waals surface area contributed by atoms with Gasteiger partial charge in [0.05, 0.1) is 0 Å². The lowest BCUT2D eigenvalue weighted by Gasteiger charge is -2.05. The SMILES string of the molecule is NC(=S)c1cccc(-c2cn(CCC(F)F)c3cc(CF)ccc23)c1. The Kier molecular flexibility index (Phi) is 5.08. The highest BCUT2D eigenvalue weighted by atomic mass is 32.1. The fourth-order valence-corrected chi connectivity index (χ4v) is 3.04. The van der Waals surface area contributed by atoms with Crippen LogP contribution in [0.4, 0.5) is 13.2 Å². The van der Waals surface area contributed by atoms with Gasteiger partial charge >= 0.3 is 0 Å². The number of hydrogen-bond donors (Lipinski definition) is 1. The molecule has 2 aromatic carbocycles. The van der Waals surface area contributed by atoms with Gasteiger partial charge in [-0.05, 0) is 23.3 Å². The summed E-state index contributed by atoms with van der Waals surface area (Å²) in [4.78, 5) is 0.294. The Hall–Kier alpha value is -2.34. The van der Waals surface area contributed by atoms with Gasteiger partial charge in [-0.15, -0.1) is 0 Å². The number of benzene rings is 2. The largest absolute Gasteiger partial charge is 0.389 e. The summed E-state index contributed by atoms with van der Waals surface area (Å²) in [7, 11) is 0. The lowest BCUT2D eigenvalue weighted by atomic mass is 10.0. The molecular weight excluding hydrogens is 345 g/mol. The minimum Gasteiger partial charge on any atom is -0.389 e. The number of thiocarbonyl (C=S) groups is 1. The van der Waals surface area contributed by atoms with Gasteiger partial charge in [0.2, 0.25) is 6.43 Å². The molecule has 0 unspecified atom stereocenters. The van der Waals surface area contributed by atoms with Crippen LogP contribution < -0.4 is 5.73 Å².